The largest absolute Gasteiger partial charge is 0.497 e. The highest BCUT2D eigenvalue weighted by molar-refractivity contribution is 7.92. The number of rotatable bonds is 8. The normalized spacial score (nSPS) is 12.7. The van der Waals surface area contributed by atoms with Crippen molar-refractivity contribution in [2.45, 2.75) is 39.3 Å². The van der Waals surface area contributed by atoms with Crippen LogP contribution in [0.3, 0.4) is 0 Å². The fourth-order valence-corrected chi connectivity index (χ4v) is 5.88. The van der Waals surface area contributed by atoms with Crippen molar-refractivity contribution >= 4 is 48.9 Å². The lowest BCUT2D eigenvalue weighted by atomic mass is 10.1. The Morgan fingerprint density at radius 1 is 1.19 bits per heavy atom. The summed E-state index contributed by atoms with van der Waals surface area (Å²) in [6, 6.07) is 10.8. The van der Waals surface area contributed by atoms with Crippen molar-refractivity contribution in [3.05, 3.63) is 52.1 Å². The average molecular weight is 478 g/mol. The lowest BCUT2D eigenvalue weighted by Gasteiger charge is -2.30. The molecule has 0 bridgehead atoms. The van der Waals surface area contributed by atoms with Gasteiger partial charge in [0, 0.05) is 11.7 Å². The second kappa shape index (κ2) is 9.33. The van der Waals surface area contributed by atoms with E-state index in [1.54, 1.807) is 54.0 Å². The number of carbonyl (C=O) groups is 1. The van der Waals surface area contributed by atoms with Gasteiger partial charge in [0.05, 0.1) is 29.3 Å². The summed E-state index contributed by atoms with van der Waals surface area (Å²) in [5, 5.41) is 2.81. The minimum Gasteiger partial charge on any atom is -0.497 e. The minimum atomic E-state index is -3.74. The molecule has 1 amide bonds. The van der Waals surface area contributed by atoms with Crippen LogP contribution in [-0.4, -0.2) is 38.3 Å². The Bertz CT molecular complexity index is 1280. The first-order valence-electron chi connectivity index (χ1n) is 10.2. The van der Waals surface area contributed by atoms with Gasteiger partial charge in [-0.25, -0.2) is 8.42 Å². The van der Waals surface area contributed by atoms with Gasteiger partial charge in [0.1, 0.15) is 11.8 Å². The van der Waals surface area contributed by atoms with Crippen molar-refractivity contribution in [3.63, 3.8) is 0 Å². The molecule has 0 aliphatic carbocycles. The topological polar surface area (TPSA) is 97.7 Å². The third kappa shape index (κ3) is 4.81. The van der Waals surface area contributed by atoms with Crippen LogP contribution in [0.4, 0.5) is 11.4 Å². The zero-order valence-corrected chi connectivity index (χ0v) is 20.3. The molecule has 8 nitrogen and oxygen atoms in total. The highest BCUT2D eigenvalue weighted by Gasteiger charge is 2.31. The zero-order valence-electron chi connectivity index (χ0n) is 18.7. The average Bonchev–Trinajstić information content (AvgIpc) is 3.06. The van der Waals surface area contributed by atoms with Crippen molar-refractivity contribution in [1.82, 2.24) is 4.57 Å². The van der Waals surface area contributed by atoms with Gasteiger partial charge >= 0.3 is 4.87 Å². The van der Waals surface area contributed by atoms with E-state index >= 15 is 0 Å². The monoisotopic (exact) mass is 477 g/mol. The van der Waals surface area contributed by atoms with Crippen LogP contribution in [0.1, 0.15) is 33.2 Å². The number of aromatic nitrogens is 1. The molecule has 0 aliphatic rings. The summed E-state index contributed by atoms with van der Waals surface area (Å²) in [6.07, 6.45) is 1.34. The number of hydrogen-bond acceptors (Lipinski definition) is 6. The van der Waals surface area contributed by atoms with Gasteiger partial charge in [-0.05, 0) is 62.7 Å². The Hall–Kier alpha value is -2.85. The minimum absolute atomic E-state index is 0.0222. The van der Waals surface area contributed by atoms with Gasteiger partial charge < -0.3 is 10.1 Å². The molecular formula is C22H27N3O5S2. The SMILES string of the molecule is CC[C@H](C(=O)Nc1ccc2c(c1)sc(=O)n2C(C)C)N(c1ccc(OC)cc1)S(C)(=O)=O. The predicted molar refractivity (Wildman–Crippen MR) is 129 cm³/mol. The number of benzene rings is 2. The van der Waals surface area contributed by atoms with Crippen molar-refractivity contribution < 1.29 is 17.9 Å². The first kappa shape index (κ1) is 23.8. The summed E-state index contributed by atoms with van der Waals surface area (Å²) in [5.41, 5.74) is 1.68. The smallest absolute Gasteiger partial charge is 0.308 e. The summed E-state index contributed by atoms with van der Waals surface area (Å²) >= 11 is 1.11. The maximum Gasteiger partial charge on any atom is 0.308 e. The number of sulfonamides is 1. The molecule has 0 unspecified atom stereocenters. The number of methoxy groups -OCH3 is 1. The van der Waals surface area contributed by atoms with E-state index in [2.05, 4.69) is 5.32 Å². The second-order valence-electron chi connectivity index (χ2n) is 7.68. The van der Waals surface area contributed by atoms with Crippen LogP contribution in [0.5, 0.6) is 5.75 Å². The standard InChI is InChI=1S/C22H27N3O5S2/c1-6-18(25(32(5,28)29)16-8-10-17(30-4)11-9-16)21(26)23-15-7-12-19-20(13-15)31-22(27)24(19)14(2)3/h7-14,18H,6H2,1-5H3,(H,23,26)/t18-/m1/s1. The molecule has 3 rings (SSSR count). The van der Waals surface area contributed by atoms with Crippen LogP contribution < -0.4 is 19.2 Å². The number of thiazole rings is 1. The molecule has 0 aliphatic heterocycles. The van der Waals surface area contributed by atoms with E-state index in [-0.39, 0.29) is 17.3 Å². The lowest BCUT2D eigenvalue weighted by molar-refractivity contribution is -0.117. The molecule has 3 aromatic rings. The van der Waals surface area contributed by atoms with E-state index in [1.165, 1.54) is 7.11 Å². The van der Waals surface area contributed by atoms with Gasteiger partial charge in [-0.3, -0.25) is 18.5 Å². The molecule has 1 aromatic heterocycles. The molecule has 1 N–H and O–H groups in total. The molecule has 0 fully saturated rings. The highest BCUT2D eigenvalue weighted by atomic mass is 32.2. The summed E-state index contributed by atoms with van der Waals surface area (Å²) in [4.78, 5) is 25.4. The Balaban J connectivity index is 1.93. The molecule has 172 valence electrons. The maximum absolute atomic E-state index is 13.1. The second-order valence-corrected chi connectivity index (χ2v) is 10.5. The summed E-state index contributed by atoms with van der Waals surface area (Å²) in [7, 11) is -2.22. The molecule has 1 heterocycles. The zero-order chi connectivity index (χ0) is 23.6. The quantitative estimate of drug-likeness (QED) is 0.532. The van der Waals surface area contributed by atoms with Crippen LogP contribution in [0.15, 0.2) is 47.3 Å². The van der Waals surface area contributed by atoms with Crippen molar-refractivity contribution in [3.8, 4) is 5.75 Å². The molecule has 1 atom stereocenters. The molecular weight excluding hydrogens is 450 g/mol. The van der Waals surface area contributed by atoms with E-state index in [1.807, 2.05) is 13.8 Å². The third-order valence-electron chi connectivity index (χ3n) is 5.05. The van der Waals surface area contributed by atoms with Gasteiger partial charge in [-0.2, -0.15) is 0 Å². The number of nitrogens with zero attached hydrogens (tertiary/aromatic N) is 2. The van der Waals surface area contributed by atoms with Crippen LogP contribution in [-0.2, 0) is 14.8 Å². The number of ether oxygens (including phenoxy) is 1. The lowest BCUT2D eigenvalue weighted by Crippen LogP contribution is -2.46. The van der Waals surface area contributed by atoms with Crippen LogP contribution in [0.25, 0.3) is 10.2 Å². The fourth-order valence-electron chi connectivity index (χ4n) is 3.62. The van der Waals surface area contributed by atoms with Crippen LogP contribution >= 0.6 is 11.3 Å². The summed E-state index contributed by atoms with van der Waals surface area (Å²) in [6.45, 7) is 5.63. The predicted octanol–water partition coefficient (Wildman–Crippen LogP) is 3.84. The summed E-state index contributed by atoms with van der Waals surface area (Å²) in [5.74, 6) is 0.129. The molecule has 0 saturated carbocycles. The molecule has 32 heavy (non-hydrogen) atoms. The van der Waals surface area contributed by atoms with E-state index in [0.717, 1.165) is 32.1 Å². The number of carbonyl (C=O) groups excluding carboxylic acids is 1. The molecule has 0 radical (unpaired) electrons. The Labute approximate surface area is 191 Å². The van der Waals surface area contributed by atoms with Crippen LogP contribution in [0, 0.1) is 0 Å². The third-order valence-corrected chi connectivity index (χ3v) is 7.15. The van der Waals surface area contributed by atoms with Gasteiger partial charge in [-0.1, -0.05) is 18.3 Å². The number of anilines is 2. The van der Waals surface area contributed by atoms with Crippen molar-refractivity contribution in [2.75, 3.05) is 23.0 Å². The highest BCUT2D eigenvalue weighted by Crippen LogP contribution is 2.27. The molecule has 10 heteroatoms. The number of hydrogen-bond donors (Lipinski definition) is 1. The van der Waals surface area contributed by atoms with E-state index in [9.17, 15) is 18.0 Å². The molecule has 0 saturated heterocycles. The van der Waals surface area contributed by atoms with E-state index in [4.69, 9.17) is 4.74 Å². The van der Waals surface area contributed by atoms with Crippen LogP contribution in [0.2, 0.25) is 0 Å². The Morgan fingerprint density at radius 3 is 2.38 bits per heavy atom. The first-order chi connectivity index (χ1) is 15.1. The Morgan fingerprint density at radius 2 is 1.84 bits per heavy atom. The summed E-state index contributed by atoms with van der Waals surface area (Å²) < 4.78 is 33.9. The van der Waals surface area contributed by atoms with Gasteiger partial charge in [-0.15, -0.1) is 0 Å². The number of nitrogens with one attached hydrogen (secondary N) is 1. The van der Waals surface area contributed by atoms with Crippen molar-refractivity contribution in [2.24, 2.45) is 0 Å². The fraction of sp³-hybridized carbons (Fsp3) is 0.364. The number of amides is 1. The first-order valence-corrected chi connectivity index (χ1v) is 12.8. The number of fused-ring (bicyclic) bond motifs is 1. The molecule has 0 spiro atoms. The maximum atomic E-state index is 13.1. The van der Waals surface area contributed by atoms with E-state index in [0.29, 0.717) is 17.1 Å². The van der Waals surface area contributed by atoms with Gasteiger partial charge in [0.15, 0.2) is 0 Å². The van der Waals surface area contributed by atoms with Gasteiger partial charge in [0.2, 0.25) is 15.9 Å². The Kier molecular flexibility index (Phi) is 6.94. The molecule has 2 aromatic carbocycles. The van der Waals surface area contributed by atoms with E-state index < -0.39 is 22.0 Å². The van der Waals surface area contributed by atoms with Crippen molar-refractivity contribution in [1.29, 1.82) is 0 Å². The van der Waals surface area contributed by atoms with Gasteiger partial charge in [0.25, 0.3) is 0 Å².